The second-order valence-corrected chi connectivity index (χ2v) is 5.20. The number of aromatic hydroxyl groups is 1. The Morgan fingerprint density at radius 2 is 2.05 bits per heavy atom. The molecule has 1 amide bonds. The SMILES string of the molecule is O=C(C=Cc1cccs1)NC(=S)Nc1ccccc1O. The molecule has 1 aromatic heterocycles. The molecular weight excluding hydrogens is 292 g/mol. The van der Waals surface area contributed by atoms with Crippen LogP contribution in [-0.2, 0) is 4.79 Å². The third-order valence-electron chi connectivity index (χ3n) is 2.33. The second kappa shape index (κ2) is 6.83. The van der Waals surface area contributed by atoms with Crippen LogP contribution in [0.5, 0.6) is 5.75 Å². The number of carbonyl (C=O) groups is 1. The lowest BCUT2D eigenvalue weighted by atomic mass is 10.3. The second-order valence-electron chi connectivity index (χ2n) is 3.81. The molecule has 1 heterocycles. The molecule has 0 fully saturated rings. The molecule has 20 heavy (non-hydrogen) atoms. The summed E-state index contributed by atoms with van der Waals surface area (Å²) in [4.78, 5) is 12.6. The van der Waals surface area contributed by atoms with Crippen LogP contribution in [0, 0.1) is 0 Å². The van der Waals surface area contributed by atoms with Crippen molar-refractivity contribution in [3.63, 3.8) is 0 Å². The molecule has 0 atom stereocenters. The van der Waals surface area contributed by atoms with Gasteiger partial charge < -0.3 is 10.4 Å². The molecule has 102 valence electrons. The summed E-state index contributed by atoms with van der Waals surface area (Å²) in [6, 6.07) is 10.5. The average Bonchev–Trinajstić information content (AvgIpc) is 2.92. The first-order chi connectivity index (χ1) is 9.65. The predicted molar refractivity (Wildman–Crippen MR) is 85.8 cm³/mol. The Kier molecular flexibility index (Phi) is 4.86. The van der Waals surface area contributed by atoms with Crippen molar-refractivity contribution in [2.45, 2.75) is 0 Å². The summed E-state index contributed by atoms with van der Waals surface area (Å²) < 4.78 is 0. The summed E-state index contributed by atoms with van der Waals surface area (Å²) in [6.45, 7) is 0. The van der Waals surface area contributed by atoms with Crippen LogP contribution in [0.4, 0.5) is 5.69 Å². The number of carbonyl (C=O) groups excluding carboxylic acids is 1. The van der Waals surface area contributed by atoms with Crippen LogP contribution >= 0.6 is 23.6 Å². The van der Waals surface area contributed by atoms with E-state index in [0.29, 0.717) is 5.69 Å². The Bertz CT molecular complexity index is 636. The normalized spacial score (nSPS) is 10.4. The highest BCUT2D eigenvalue weighted by Crippen LogP contribution is 2.21. The van der Waals surface area contributed by atoms with Gasteiger partial charge in [0.15, 0.2) is 5.11 Å². The van der Waals surface area contributed by atoms with Gasteiger partial charge in [0.1, 0.15) is 5.75 Å². The quantitative estimate of drug-likeness (QED) is 0.463. The van der Waals surface area contributed by atoms with E-state index in [1.807, 2.05) is 17.5 Å². The van der Waals surface area contributed by atoms with Crippen molar-refractivity contribution < 1.29 is 9.90 Å². The highest BCUT2D eigenvalue weighted by molar-refractivity contribution is 7.80. The third kappa shape index (κ3) is 4.18. The Morgan fingerprint density at radius 1 is 1.25 bits per heavy atom. The van der Waals surface area contributed by atoms with Crippen LogP contribution < -0.4 is 10.6 Å². The number of benzene rings is 1. The molecule has 2 rings (SSSR count). The van der Waals surface area contributed by atoms with E-state index in [0.717, 1.165) is 4.88 Å². The molecule has 0 bridgehead atoms. The van der Waals surface area contributed by atoms with Gasteiger partial charge in [-0.3, -0.25) is 10.1 Å². The smallest absolute Gasteiger partial charge is 0.250 e. The number of anilines is 1. The minimum Gasteiger partial charge on any atom is -0.506 e. The van der Waals surface area contributed by atoms with Gasteiger partial charge in [0.05, 0.1) is 5.69 Å². The molecule has 1 aromatic carbocycles. The lowest BCUT2D eigenvalue weighted by molar-refractivity contribution is -0.115. The van der Waals surface area contributed by atoms with E-state index < -0.39 is 0 Å². The van der Waals surface area contributed by atoms with Crippen molar-refractivity contribution in [2.75, 3.05) is 5.32 Å². The zero-order chi connectivity index (χ0) is 14.4. The summed E-state index contributed by atoms with van der Waals surface area (Å²) >= 11 is 6.54. The fraction of sp³-hybridized carbons (Fsp3) is 0. The lowest BCUT2D eigenvalue weighted by Gasteiger charge is -2.09. The van der Waals surface area contributed by atoms with Crippen molar-refractivity contribution in [1.29, 1.82) is 0 Å². The highest BCUT2D eigenvalue weighted by Gasteiger charge is 2.04. The van der Waals surface area contributed by atoms with Gasteiger partial charge in [-0.15, -0.1) is 11.3 Å². The average molecular weight is 304 g/mol. The molecule has 0 saturated carbocycles. The number of phenolic OH excluding ortho intramolecular Hbond substituents is 1. The number of para-hydroxylation sites is 2. The molecule has 0 spiro atoms. The Hall–Kier alpha value is -2.18. The maximum absolute atomic E-state index is 11.6. The van der Waals surface area contributed by atoms with Gasteiger partial charge in [-0.1, -0.05) is 18.2 Å². The van der Waals surface area contributed by atoms with Crippen LogP contribution in [0.25, 0.3) is 6.08 Å². The molecule has 3 N–H and O–H groups in total. The van der Waals surface area contributed by atoms with Crippen molar-refractivity contribution in [3.05, 3.63) is 52.7 Å². The zero-order valence-electron chi connectivity index (χ0n) is 10.4. The zero-order valence-corrected chi connectivity index (χ0v) is 12.0. The number of hydrogen-bond donors (Lipinski definition) is 3. The first-order valence-corrected chi connectivity index (χ1v) is 7.05. The standard InChI is InChI=1S/C14H12N2O2S2/c17-12-6-2-1-5-11(12)15-14(19)16-13(18)8-7-10-4-3-9-20-10/h1-9,17H,(H2,15,16,18,19). The van der Waals surface area contributed by atoms with Crippen LogP contribution in [-0.4, -0.2) is 16.1 Å². The van der Waals surface area contributed by atoms with Crippen molar-refractivity contribution >= 4 is 46.3 Å². The van der Waals surface area contributed by atoms with Gasteiger partial charge in [-0.2, -0.15) is 0 Å². The fourth-order valence-corrected chi connectivity index (χ4v) is 2.26. The molecule has 6 heteroatoms. The van der Waals surface area contributed by atoms with Crippen LogP contribution in [0.15, 0.2) is 47.9 Å². The van der Waals surface area contributed by atoms with Gasteiger partial charge >= 0.3 is 0 Å². The van der Waals surface area contributed by atoms with E-state index in [4.69, 9.17) is 12.2 Å². The van der Waals surface area contributed by atoms with Gasteiger partial charge in [0, 0.05) is 11.0 Å². The van der Waals surface area contributed by atoms with E-state index in [1.165, 1.54) is 12.1 Å². The van der Waals surface area contributed by atoms with Crippen molar-refractivity contribution in [1.82, 2.24) is 5.32 Å². The molecule has 4 nitrogen and oxygen atoms in total. The van der Waals surface area contributed by atoms with Crippen molar-refractivity contribution in [3.8, 4) is 5.75 Å². The summed E-state index contributed by atoms with van der Waals surface area (Å²) in [5.74, 6) is -0.260. The third-order valence-corrected chi connectivity index (χ3v) is 3.37. The number of phenols is 1. The summed E-state index contributed by atoms with van der Waals surface area (Å²) in [5, 5.41) is 16.9. The number of amides is 1. The number of nitrogens with one attached hydrogen (secondary N) is 2. The Balaban J connectivity index is 1.88. The molecule has 0 unspecified atom stereocenters. The Morgan fingerprint density at radius 3 is 2.75 bits per heavy atom. The molecular formula is C14H12N2O2S2. The molecule has 0 aliphatic heterocycles. The summed E-state index contributed by atoms with van der Waals surface area (Å²) in [6.07, 6.45) is 3.12. The number of hydrogen-bond acceptors (Lipinski definition) is 4. The number of rotatable bonds is 3. The predicted octanol–water partition coefficient (Wildman–Crippen LogP) is 2.98. The highest BCUT2D eigenvalue weighted by atomic mass is 32.1. The topological polar surface area (TPSA) is 61.4 Å². The molecule has 0 radical (unpaired) electrons. The maximum Gasteiger partial charge on any atom is 0.250 e. The Labute approximate surface area is 125 Å². The van der Waals surface area contributed by atoms with Gasteiger partial charge in [-0.25, -0.2) is 0 Å². The van der Waals surface area contributed by atoms with Gasteiger partial charge in [0.25, 0.3) is 0 Å². The van der Waals surface area contributed by atoms with E-state index >= 15 is 0 Å². The first-order valence-electron chi connectivity index (χ1n) is 5.77. The van der Waals surface area contributed by atoms with Crippen LogP contribution in [0.3, 0.4) is 0 Å². The monoisotopic (exact) mass is 304 g/mol. The van der Waals surface area contributed by atoms with Crippen LogP contribution in [0.2, 0.25) is 0 Å². The van der Waals surface area contributed by atoms with E-state index in [-0.39, 0.29) is 16.8 Å². The first kappa shape index (κ1) is 14.2. The van der Waals surface area contributed by atoms with E-state index in [2.05, 4.69) is 10.6 Å². The minimum absolute atomic E-state index is 0.0678. The largest absolute Gasteiger partial charge is 0.506 e. The summed E-state index contributed by atoms with van der Waals surface area (Å²) in [7, 11) is 0. The molecule has 2 aromatic rings. The number of thiocarbonyl (C=S) groups is 1. The molecule has 0 saturated heterocycles. The van der Waals surface area contributed by atoms with Gasteiger partial charge in [0.2, 0.25) is 5.91 Å². The van der Waals surface area contributed by atoms with Crippen LogP contribution in [0.1, 0.15) is 4.88 Å². The number of thiophene rings is 1. The minimum atomic E-state index is -0.327. The summed E-state index contributed by atoms with van der Waals surface area (Å²) in [5.41, 5.74) is 0.444. The van der Waals surface area contributed by atoms with Crippen molar-refractivity contribution in [2.24, 2.45) is 0 Å². The fourth-order valence-electron chi connectivity index (χ4n) is 1.43. The molecule has 0 aliphatic carbocycles. The maximum atomic E-state index is 11.6. The van der Waals surface area contributed by atoms with E-state index in [1.54, 1.807) is 35.6 Å². The van der Waals surface area contributed by atoms with E-state index in [9.17, 15) is 9.90 Å². The van der Waals surface area contributed by atoms with Gasteiger partial charge in [-0.05, 0) is 41.9 Å². The molecule has 0 aliphatic rings. The lowest BCUT2D eigenvalue weighted by Crippen LogP contribution is -2.32.